The van der Waals surface area contributed by atoms with Crippen molar-refractivity contribution in [2.75, 3.05) is 6.54 Å². The topological polar surface area (TPSA) is 38.0 Å². The maximum Gasteiger partial charge on any atom is 0.0389 e. The van der Waals surface area contributed by atoms with Crippen molar-refractivity contribution in [3.05, 3.63) is 21.4 Å². The Labute approximate surface area is 76.8 Å². The summed E-state index contributed by atoms with van der Waals surface area (Å²) < 4.78 is 0. The first kappa shape index (κ1) is 8.23. The molecule has 0 spiro atoms. The van der Waals surface area contributed by atoms with E-state index in [1.807, 2.05) is 11.3 Å². The number of nitrogens with one attached hydrogen (secondary N) is 1. The van der Waals surface area contributed by atoms with Gasteiger partial charge in [0, 0.05) is 22.3 Å². The van der Waals surface area contributed by atoms with Crippen LogP contribution < -0.4 is 11.1 Å². The summed E-state index contributed by atoms with van der Waals surface area (Å²) in [7, 11) is 0. The molecule has 0 bridgehead atoms. The number of thiophene rings is 1. The Kier molecular flexibility index (Phi) is 2.17. The molecule has 1 aromatic heterocycles. The van der Waals surface area contributed by atoms with E-state index < -0.39 is 0 Å². The Hall–Kier alpha value is -0.380. The average molecular weight is 182 g/mol. The van der Waals surface area contributed by atoms with Crippen molar-refractivity contribution < 1.29 is 0 Å². The number of rotatable bonds is 1. The van der Waals surface area contributed by atoms with E-state index in [-0.39, 0.29) is 0 Å². The van der Waals surface area contributed by atoms with E-state index in [0.29, 0.717) is 12.6 Å². The number of fused-ring (bicyclic) bond motifs is 1. The lowest BCUT2D eigenvalue weighted by Gasteiger charge is -2.19. The van der Waals surface area contributed by atoms with Gasteiger partial charge in [0.05, 0.1) is 0 Å². The van der Waals surface area contributed by atoms with Gasteiger partial charge in [-0.05, 0) is 31.5 Å². The van der Waals surface area contributed by atoms with Crippen molar-refractivity contribution >= 4 is 11.3 Å². The maximum absolute atomic E-state index is 5.60. The summed E-state index contributed by atoms with van der Waals surface area (Å²) in [6.45, 7) is 4.01. The van der Waals surface area contributed by atoms with Crippen molar-refractivity contribution in [3.8, 4) is 0 Å². The predicted octanol–water partition coefficient (Wildman–Crippen LogP) is 1.41. The Morgan fingerprint density at radius 3 is 3.25 bits per heavy atom. The largest absolute Gasteiger partial charge is 0.326 e. The van der Waals surface area contributed by atoms with E-state index in [1.165, 1.54) is 15.3 Å². The summed E-state index contributed by atoms with van der Waals surface area (Å²) in [5.41, 5.74) is 7.10. The number of nitrogens with two attached hydrogens (primary N) is 1. The lowest BCUT2D eigenvalue weighted by Crippen LogP contribution is -2.26. The van der Waals surface area contributed by atoms with Crippen LogP contribution in [0.3, 0.4) is 0 Å². The molecule has 1 unspecified atom stereocenters. The fourth-order valence-corrected chi connectivity index (χ4v) is 2.80. The van der Waals surface area contributed by atoms with E-state index >= 15 is 0 Å². The summed E-state index contributed by atoms with van der Waals surface area (Å²) in [5, 5.41) is 3.45. The Morgan fingerprint density at radius 2 is 2.58 bits per heavy atom. The zero-order valence-electron chi connectivity index (χ0n) is 7.26. The van der Waals surface area contributed by atoms with Gasteiger partial charge in [0.1, 0.15) is 0 Å². The van der Waals surface area contributed by atoms with Gasteiger partial charge in [0.2, 0.25) is 0 Å². The van der Waals surface area contributed by atoms with E-state index in [2.05, 4.69) is 18.3 Å². The van der Waals surface area contributed by atoms with E-state index in [4.69, 9.17) is 5.73 Å². The van der Waals surface area contributed by atoms with Gasteiger partial charge in [-0.1, -0.05) is 0 Å². The molecule has 0 radical (unpaired) electrons. The summed E-state index contributed by atoms with van der Waals surface area (Å²) in [5.74, 6) is 0. The molecule has 12 heavy (non-hydrogen) atoms. The zero-order chi connectivity index (χ0) is 8.55. The molecule has 1 aromatic rings. The van der Waals surface area contributed by atoms with Crippen molar-refractivity contribution in [1.29, 1.82) is 0 Å². The molecule has 3 N–H and O–H groups in total. The Bertz CT molecular complexity index is 280. The number of hydrogen-bond acceptors (Lipinski definition) is 3. The Morgan fingerprint density at radius 1 is 1.75 bits per heavy atom. The molecule has 1 atom stereocenters. The predicted molar refractivity (Wildman–Crippen MR) is 52.3 cm³/mol. The van der Waals surface area contributed by atoms with E-state index in [9.17, 15) is 0 Å². The van der Waals surface area contributed by atoms with Gasteiger partial charge in [-0.15, -0.1) is 11.3 Å². The SMILES string of the molecule is CC1NCCc2cc(CN)sc21. The van der Waals surface area contributed by atoms with Crippen LogP contribution in [-0.4, -0.2) is 6.54 Å². The van der Waals surface area contributed by atoms with Gasteiger partial charge < -0.3 is 11.1 Å². The first-order valence-electron chi connectivity index (χ1n) is 4.36. The van der Waals surface area contributed by atoms with Gasteiger partial charge in [-0.2, -0.15) is 0 Å². The van der Waals surface area contributed by atoms with Crippen LogP contribution in [0, 0.1) is 0 Å². The van der Waals surface area contributed by atoms with E-state index in [1.54, 1.807) is 0 Å². The van der Waals surface area contributed by atoms with Gasteiger partial charge in [-0.3, -0.25) is 0 Å². The highest BCUT2D eigenvalue weighted by molar-refractivity contribution is 7.12. The van der Waals surface area contributed by atoms with Gasteiger partial charge in [0.25, 0.3) is 0 Å². The molecule has 0 fully saturated rings. The smallest absolute Gasteiger partial charge is 0.0389 e. The minimum absolute atomic E-state index is 0.527. The summed E-state index contributed by atoms with van der Waals surface area (Å²) in [6.07, 6.45) is 1.16. The molecule has 2 rings (SSSR count). The lowest BCUT2D eigenvalue weighted by atomic mass is 10.1. The van der Waals surface area contributed by atoms with Crippen LogP contribution in [0.25, 0.3) is 0 Å². The molecule has 1 aliphatic rings. The zero-order valence-corrected chi connectivity index (χ0v) is 8.08. The summed E-state index contributed by atoms with van der Waals surface area (Å²) in [6, 6.07) is 2.79. The highest BCUT2D eigenvalue weighted by Crippen LogP contribution is 2.30. The van der Waals surface area contributed by atoms with Crippen molar-refractivity contribution in [1.82, 2.24) is 5.32 Å². The third kappa shape index (κ3) is 1.28. The minimum Gasteiger partial charge on any atom is -0.326 e. The standard InChI is InChI=1S/C9H14N2S/c1-6-9-7(2-3-11-6)4-8(5-10)12-9/h4,6,11H,2-3,5,10H2,1H3. The van der Waals surface area contributed by atoms with Gasteiger partial charge in [0.15, 0.2) is 0 Å². The molecule has 0 aliphatic carbocycles. The molecule has 2 nitrogen and oxygen atoms in total. The lowest BCUT2D eigenvalue weighted by molar-refractivity contribution is 0.551. The molecule has 2 heterocycles. The van der Waals surface area contributed by atoms with Crippen LogP contribution in [0.15, 0.2) is 6.07 Å². The maximum atomic E-state index is 5.60. The molecule has 1 aliphatic heterocycles. The molecule has 0 saturated heterocycles. The molecule has 0 aromatic carbocycles. The fourth-order valence-electron chi connectivity index (χ4n) is 1.68. The quantitative estimate of drug-likeness (QED) is 0.689. The second-order valence-corrected chi connectivity index (χ2v) is 4.40. The monoisotopic (exact) mass is 182 g/mol. The summed E-state index contributed by atoms with van der Waals surface area (Å²) >= 11 is 1.86. The van der Waals surface area contributed by atoms with Crippen molar-refractivity contribution in [2.24, 2.45) is 5.73 Å². The molecule has 0 saturated carbocycles. The van der Waals surface area contributed by atoms with Crippen LogP contribution in [0.1, 0.15) is 28.3 Å². The molecule has 66 valence electrons. The van der Waals surface area contributed by atoms with E-state index in [0.717, 1.165) is 13.0 Å². The number of hydrogen-bond donors (Lipinski definition) is 2. The first-order chi connectivity index (χ1) is 5.81. The average Bonchev–Trinajstić information content (AvgIpc) is 2.49. The molecular weight excluding hydrogens is 168 g/mol. The second-order valence-electron chi connectivity index (χ2n) is 3.23. The van der Waals surface area contributed by atoms with Crippen LogP contribution in [0.5, 0.6) is 0 Å². The summed E-state index contributed by atoms with van der Waals surface area (Å²) in [4.78, 5) is 2.80. The minimum atomic E-state index is 0.527. The van der Waals surface area contributed by atoms with Gasteiger partial charge in [-0.25, -0.2) is 0 Å². The second kappa shape index (κ2) is 3.17. The first-order valence-corrected chi connectivity index (χ1v) is 5.18. The van der Waals surface area contributed by atoms with Crippen LogP contribution in [0.4, 0.5) is 0 Å². The highest BCUT2D eigenvalue weighted by atomic mass is 32.1. The highest BCUT2D eigenvalue weighted by Gasteiger charge is 2.18. The third-order valence-electron chi connectivity index (χ3n) is 2.33. The molecular formula is C9H14N2S. The molecule has 3 heteroatoms. The van der Waals surface area contributed by atoms with Gasteiger partial charge >= 0.3 is 0 Å². The third-order valence-corrected chi connectivity index (χ3v) is 3.71. The van der Waals surface area contributed by atoms with Crippen LogP contribution in [0.2, 0.25) is 0 Å². The molecule has 0 amide bonds. The van der Waals surface area contributed by atoms with Crippen LogP contribution in [-0.2, 0) is 13.0 Å². The van der Waals surface area contributed by atoms with Crippen LogP contribution >= 0.6 is 11.3 Å². The Balaban J connectivity index is 2.37. The fraction of sp³-hybridized carbons (Fsp3) is 0.556. The normalized spacial score (nSPS) is 22.3. The van der Waals surface area contributed by atoms with Crippen molar-refractivity contribution in [2.45, 2.75) is 25.9 Å². The van der Waals surface area contributed by atoms with Crippen molar-refractivity contribution in [3.63, 3.8) is 0 Å².